The molecule has 11 heteroatoms. The number of nitrogens with zero attached hydrogens (tertiary/aromatic N) is 3. The van der Waals surface area contributed by atoms with Crippen molar-refractivity contribution in [1.29, 1.82) is 0 Å². The van der Waals surface area contributed by atoms with Gasteiger partial charge in [-0.1, -0.05) is 23.2 Å². The number of benzene rings is 1. The summed E-state index contributed by atoms with van der Waals surface area (Å²) in [6.07, 6.45) is -0.00995. The average Bonchev–Trinajstić information content (AvgIpc) is 2.81. The molecule has 1 aromatic heterocycles. The summed E-state index contributed by atoms with van der Waals surface area (Å²) in [5.74, 6) is -1.17. The highest BCUT2D eigenvalue weighted by Gasteiger charge is 2.22. The summed E-state index contributed by atoms with van der Waals surface area (Å²) in [7, 11) is 0. The number of nitrogens with two attached hydrogens (primary N) is 1. The first-order valence-electron chi connectivity index (χ1n) is 7.39. The maximum atomic E-state index is 12.1. The number of primary amides is 1. The van der Waals surface area contributed by atoms with Crippen LogP contribution in [0.4, 0.5) is 11.4 Å². The maximum Gasteiger partial charge on any atom is 0.312 e. The molecule has 0 bridgehead atoms. The summed E-state index contributed by atoms with van der Waals surface area (Å²) in [5, 5.41) is 17.8. The Kier molecular flexibility index (Phi) is 5.83. The van der Waals surface area contributed by atoms with Crippen LogP contribution in [0, 0.1) is 24.0 Å². The van der Waals surface area contributed by atoms with Crippen LogP contribution in [0.2, 0.25) is 10.0 Å². The normalized spacial score (nSPS) is 10.6. The van der Waals surface area contributed by atoms with E-state index in [-0.39, 0.29) is 45.6 Å². The third kappa shape index (κ3) is 4.12. The number of nitro groups is 1. The third-order valence-electron chi connectivity index (χ3n) is 3.67. The Balaban J connectivity index is 2.11. The van der Waals surface area contributed by atoms with Crippen molar-refractivity contribution in [3.8, 4) is 0 Å². The molecule has 1 aromatic carbocycles. The number of halogens is 2. The van der Waals surface area contributed by atoms with Crippen molar-refractivity contribution in [2.24, 2.45) is 5.73 Å². The lowest BCUT2D eigenvalue weighted by atomic mass is 10.2. The van der Waals surface area contributed by atoms with Crippen molar-refractivity contribution in [2.45, 2.75) is 26.8 Å². The number of carbonyl (C=O) groups is 2. The number of aromatic nitrogens is 2. The van der Waals surface area contributed by atoms with Gasteiger partial charge in [0.15, 0.2) is 0 Å². The number of carbonyl (C=O) groups excluding carboxylic acids is 2. The lowest BCUT2D eigenvalue weighted by Gasteiger charge is -2.10. The summed E-state index contributed by atoms with van der Waals surface area (Å²) < 4.78 is 1.39. The van der Waals surface area contributed by atoms with E-state index in [0.717, 1.165) is 0 Å². The highest BCUT2D eigenvalue weighted by Crippen LogP contribution is 2.29. The molecule has 2 amide bonds. The smallest absolute Gasteiger partial charge is 0.312 e. The minimum atomic E-state index is -0.753. The van der Waals surface area contributed by atoms with Crippen molar-refractivity contribution < 1.29 is 14.5 Å². The van der Waals surface area contributed by atoms with Crippen LogP contribution in [0.25, 0.3) is 0 Å². The molecule has 0 spiro atoms. The highest BCUT2D eigenvalue weighted by atomic mass is 35.5. The van der Waals surface area contributed by atoms with Crippen LogP contribution in [0.5, 0.6) is 0 Å². The minimum Gasteiger partial charge on any atom is -0.366 e. The van der Waals surface area contributed by atoms with Crippen LogP contribution in [0.15, 0.2) is 12.1 Å². The van der Waals surface area contributed by atoms with Crippen LogP contribution >= 0.6 is 23.2 Å². The predicted octanol–water partition coefficient (Wildman–Crippen LogP) is 2.84. The number of aryl methyl sites for hydroxylation is 2. The van der Waals surface area contributed by atoms with Gasteiger partial charge in [-0.3, -0.25) is 24.4 Å². The fraction of sp³-hybridized carbons (Fsp3) is 0.267. The number of hydrogen-bond acceptors (Lipinski definition) is 5. The Morgan fingerprint density at radius 2 is 1.96 bits per heavy atom. The van der Waals surface area contributed by atoms with Gasteiger partial charge in [-0.25, -0.2) is 0 Å². The standard InChI is InChI=1S/C15H15Cl2N5O4/c1-7-14(22(25)26)8(2)21(20-7)4-3-13(23)19-12-5-9(15(18)24)10(16)6-11(12)17/h5-6H,3-4H2,1-2H3,(H2,18,24)(H,19,23). The van der Waals surface area contributed by atoms with Gasteiger partial charge in [0.2, 0.25) is 11.8 Å². The molecule has 9 nitrogen and oxygen atoms in total. The summed E-state index contributed by atoms with van der Waals surface area (Å²) in [4.78, 5) is 34.0. The van der Waals surface area contributed by atoms with Crippen LogP contribution in [0.1, 0.15) is 28.2 Å². The molecule has 0 aliphatic rings. The average molecular weight is 400 g/mol. The first kappa shape index (κ1) is 19.7. The van der Waals surface area contributed by atoms with E-state index < -0.39 is 16.7 Å². The van der Waals surface area contributed by atoms with Crippen LogP contribution in [0.3, 0.4) is 0 Å². The van der Waals surface area contributed by atoms with Crippen molar-refractivity contribution in [3.63, 3.8) is 0 Å². The second kappa shape index (κ2) is 7.71. The molecule has 0 saturated heterocycles. The fourth-order valence-electron chi connectivity index (χ4n) is 2.42. The zero-order valence-corrected chi connectivity index (χ0v) is 15.4. The van der Waals surface area contributed by atoms with Gasteiger partial charge in [0, 0.05) is 6.42 Å². The first-order valence-corrected chi connectivity index (χ1v) is 8.14. The molecular formula is C15H15Cl2N5O4. The molecule has 0 fully saturated rings. The Morgan fingerprint density at radius 1 is 1.31 bits per heavy atom. The van der Waals surface area contributed by atoms with E-state index in [1.807, 2.05) is 0 Å². The molecule has 1 heterocycles. The first-order chi connectivity index (χ1) is 12.1. The zero-order chi connectivity index (χ0) is 19.6. The van der Waals surface area contributed by atoms with E-state index in [4.69, 9.17) is 28.9 Å². The lowest BCUT2D eigenvalue weighted by Crippen LogP contribution is -2.17. The Morgan fingerprint density at radius 3 is 2.50 bits per heavy atom. The van der Waals surface area contributed by atoms with E-state index in [2.05, 4.69) is 10.4 Å². The number of nitrogens with one attached hydrogen (secondary N) is 1. The molecule has 2 rings (SSSR count). The van der Waals surface area contributed by atoms with Gasteiger partial charge in [-0.05, 0) is 26.0 Å². The van der Waals surface area contributed by atoms with E-state index in [0.29, 0.717) is 5.69 Å². The second-order valence-electron chi connectivity index (χ2n) is 5.47. The van der Waals surface area contributed by atoms with E-state index in [1.165, 1.54) is 23.7 Å². The van der Waals surface area contributed by atoms with Gasteiger partial charge in [0.25, 0.3) is 0 Å². The minimum absolute atomic E-state index is 0.00995. The number of anilines is 1. The molecule has 0 unspecified atom stereocenters. The summed E-state index contributed by atoms with van der Waals surface area (Å²) >= 11 is 11.9. The molecule has 3 N–H and O–H groups in total. The van der Waals surface area contributed by atoms with E-state index in [9.17, 15) is 19.7 Å². The van der Waals surface area contributed by atoms with Gasteiger partial charge < -0.3 is 11.1 Å². The Labute approximate surface area is 158 Å². The molecular weight excluding hydrogens is 385 g/mol. The van der Waals surface area contributed by atoms with Gasteiger partial charge >= 0.3 is 5.69 Å². The molecule has 0 aliphatic heterocycles. The molecule has 0 saturated carbocycles. The van der Waals surface area contributed by atoms with Gasteiger partial charge in [0.1, 0.15) is 11.4 Å². The van der Waals surface area contributed by atoms with Gasteiger partial charge in [0.05, 0.1) is 32.8 Å². The number of amides is 2. The summed E-state index contributed by atoms with van der Waals surface area (Å²) in [6, 6.07) is 2.60. The lowest BCUT2D eigenvalue weighted by molar-refractivity contribution is -0.386. The summed E-state index contributed by atoms with van der Waals surface area (Å²) in [5.41, 5.74) is 6.00. The van der Waals surface area contributed by atoms with Crippen molar-refractivity contribution in [1.82, 2.24) is 9.78 Å². The highest BCUT2D eigenvalue weighted by molar-refractivity contribution is 6.38. The number of hydrogen-bond donors (Lipinski definition) is 2. The van der Waals surface area contributed by atoms with Crippen molar-refractivity contribution in [2.75, 3.05) is 5.32 Å². The van der Waals surface area contributed by atoms with Crippen LogP contribution < -0.4 is 11.1 Å². The summed E-state index contributed by atoms with van der Waals surface area (Å²) in [6.45, 7) is 3.23. The monoisotopic (exact) mass is 399 g/mol. The van der Waals surface area contributed by atoms with Crippen molar-refractivity contribution >= 4 is 46.4 Å². The molecule has 0 atom stereocenters. The Bertz CT molecular complexity index is 910. The van der Waals surface area contributed by atoms with Gasteiger partial charge in [-0.2, -0.15) is 5.10 Å². The molecule has 0 radical (unpaired) electrons. The fourth-order valence-corrected chi connectivity index (χ4v) is 2.95. The quantitative estimate of drug-likeness (QED) is 0.568. The zero-order valence-electron chi connectivity index (χ0n) is 13.9. The van der Waals surface area contributed by atoms with Crippen molar-refractivity contribution in [3.05, 3.63) is 49.2 Å². The molecule has 26 heavy (non-hydrogen) atoms. The second-order valence-corrected chi connectivity index (χ2v) is 6.29. The largest absolute Gasteiger partial charge is 0.366 e. The van der Waals surface area contributed by atoms with Crippen LogP contribution in [-0.2, 0) is 11.3 Å². The van der Waals surface area contributed by atoms with E-state index >= 15 is 0 Å². The van der Waals surface area contributed by atoms with Crippen LogP contribution in [-0.4, -0.2) is 26.5 Å². The SMILES string of the molecule is Cc1nn(CCC(=O)Nc2cc(C(N)=O)c(Cl)cc2Cl)c(C)c1[N+](=O)[O-]. The maximum absolute atomic E-state index is 12.1. The predicted molar refractivity (Wildman–Crippen MR) is 96.6 cm³/mol. The third-order valence-corrected chi connectivity index (χ3v) is 4.30. The molecule has 0 aliphatic carbocycles. The molecule has 2 aromatic rings. The topological polar surface area (TPSA) is 133 Å². The van der Waals surface area contributed by atoms with E-state index in [1.54, 1.807) is 6.92 Å². The Hall–Kier alpha value is -2.65. The number of rotatable bonds is 6. The molecule has 138 valence electrons. The van der Waals surface area contributed by atoms with Gasteiger partial charge in [-0.15, -0.1) is 0 Å².